The number of ketones is 1. The third-order valence-corrected chi connectivity index (χ3v) is 3.58. The Hall–Kier alpha value is -0.370. The van der Waals surface area contributed by atoms with Crippen molar-refractivity contribution in [1.82, 2.24) is 4.90 Å². The molecule has 1 unspecified atom stereocenters. The second-order valence-corrected chi connectivity index (χ2v) is 5.14. The molecule has 1 saturated carbocycles. The molecule has 1 atom stereocenters. The average Bonchev–Trinajstić information content (AvgIpc) is 2.22. The van der Waals surface area contributed by atoms with Crippen molar-refractivity contribution in [1.29, 1.82) is 0 Å². The van der Waals surface area contributed by atoms with E-state index in [1.807, 2.05) is 0 Å². The first kappa shape index (κ1) is 9.20. The van der Waals surface area contributed by atoms with Gasteiger partial charge in [-0.3, -0.25) is 4.79 Å². The van der Waals surface area contributed by atoms with Gasteiger partial charge in [0.2, 0.25) is 0 Å². The lowest BCUT2D eigenvalue weighted by Gasteiger charge is -2.32. The molecule has 2 rings (SSSR count). The fourth-order valence-electron chi connectivity index (χ4n) is 2.39. The Morgan fingerprint density at radius 3 is 2.54 bits per heavy atom. The van der Waals surface area contributed by atoms with E-state index >= 15 is 0 Å². The summed E-state index contributed by atoms with van der Waals surface area (Å²) in [6.45, 7) is 7.63. The van der Waals surface area contributed by atoms with Crippen LogP contribution in [0.1, 0.15) is 33.1 Å². The van der Waals surface area contributed by atoms with Crippen LogP contribution in [0.3, 0.4) is 0 Å². The second-order valence-electron chi connectivity index (χ2n) is 5.14. The second kappa shape index (κ2) is 3.09. The van der Waals surface area contributed by atoms with Gasteiger partial charge in [-0.25, -0.2) is 0 Å². The zero-order chi connectivity index (χ0) is 9.47. The van der Waals surface area contributed by atoms with E-state index < -0.39 is 0 Å². The van der Waals surface area contributed by atoms with Crippen molar-refractivity contribution in [2.45, 2.75) is 33.1 Å². The number of rotatable bonds is 2. The van der Waals surface area contributed by atoms with Crippen molar-refractivity contribution in [3.8, 4) is 0 Å². The topological polar surface area (TPSA) is 20.3 Å². The third-order valence-electron chi connectivity index (χ3n) is 3.58. The summed E-state index contributed by atoms with van der Waals surface area (Å²) >= 11 is 0. The number of carbonyl (C=O) groups excluding carboxylic acids is 1. The van der Waals surface area contributed by atoms with Crippen LogP contribution in [-0.2, 0) is 4.79 Å². The Morgan fingerprint density at radius 1 is 1.46 bits per heavy atom. The summed E-state index contributed by atoms with van der Waals surface area (Å²) in [5, 5.41) is 0. The van der Waals surface area contributed by atoms with E-state index in [0.717, 1.165) is 19.4 Å². The highest BCUT2D eigenvalue weighted by Crippen LogP contribution is 2.38. The molecule has 2 heteroatoms. The number of carbonyl (C=O) groups is 1. The van der Waals surface area contributed by atoms with Gasteiger partial charge in [0.1, 0.15) is 5.78 Å². The number of Topliss-reactive ketones (excluding diaryl/α,β-unsaturated/α-hetero) is 1. The van der Waals surface area contributed by atoms with Crippen LogP contribution >= 0.6 is 0 Å². The zero-order valence-corrected chi connectivity index (χ0v) is 8.68. The van der Waals surface area contributed by atoms with Crippen LogP contribution in [0.5, 0.6) is 0 Å². The minimum Gasteiger partial charge on any atom is -0.303 e. The van der Waals surface area contributed by atoms with Gasteiger partial charge in [0, 0.05) is 17.9 Å². The highest BCUT2D eigenvalue weighted by molar-refractivity contribution is 5.88. The fourth-order valence-corrected chi connectivity index (χ4v) is 2.39. The molecule has 2 aliphatic rings. The van der Waals surface area contributed by atoms with Crippen LogP contribution < -0.4 is 0 Å². The Balaban J connectivity index is 1.90. The molecular formula is C11H19NO. The van der Waals surface area contributed by atoms with E-state index in [1.165, 1.54) is 19.5 Å². The SMILES string of the molecule is CC1(C)CCC(CN2CCC2)C1=O. The van der Waals surface area contributed by atoms with Crippen molar-refractivity contribution >= 4 is 5.78 Å². The van der Waals surface area contributed by atoms with Gasteiger partial charge in [-0.1, -0.05) is 13.8 Å². The van der Waals surface area contributed by atoms with Gasteiger partial charge in [0.15, 0.2) is 0 Å². The molecule has 1 aliphatic heterocycles. The van der Waals surface area contributed by atoms with Gasteiger partial charge in [-0.15, -0.1) is 0 Å². The van der Waals surface area contributed by atoms with Gasteiger partial charge in [0.25, 0.3) is 0 Å². The summed E-state index contributed by atoms with van der Waals surface area (Å²) in [7, 11) is 0. The van der Waals surface area contributed by atoms with Crippen LogP contribution in [-0.4, -0.2) is 30.3 Å². The fraction of sp³-hybridized carbons (Fsp3) is 0.909. The first-order valence-electron chi connectivity index (χ1n) is 5.36. The molecule has 0 aromatic carbocycles. The third kappa shape index (κ3) is 1.64. The predicted octanol–water partition coefficient (Wildman–Crippen LogP) is 1.70. The Labute approximate surface area is 80.3 Å². The number of hydrogen-bond acceptors (Lipinski definition) is 2. The van der Waals surface area contributed by atoms with Gasteiger partial charge < -0.3 is 4.90 Å². The normalized spacial score (nSPS) is 33.4. The summed E-state index contributed by atoms with van der Waals surface area (Å²) in [5.41, 5.74) is -0.0322. The highest BCUT2D eigenvalue weighted by Gasteiger charge is 2.41. The Kier molecular flexibility index (Phi) is 2.18. The van der Waals surface area contributed by atoms with E-state index in [-0.39, 0.29) is 5.41 Å². The molecule has 0 aromatic rings. The van der Waals surface area contributed by atoms with Crippen molar-refractivity contribution in [3.05, 3.63) is 0 Å². The lowest BCUT2D eigenvalue weighted by Crippen LogP contribution is -2.42. The van der Waals surface area contributed by atoms with E-state index in [1.54, 1.807) is 0 Å². The molecule has 1 aliphatic carbocycles. The van der Waals surface area contributed by atoms with Crippen LogP contribution in [0.25, 0.3) is 0 Å². The molecule has 0 radical (unpaired) electrons. The highest BCUT2D eigenvalue weighted by atomic mass is 16.1. The molecule has 74 valence electrons. The quantitative estimate of drug-likeness (QED) is 0.646. The maximum atomic E-state index is 11.9. The van der Waals surface area contributed by atoms with Gasteiger partial charge in [0.05, 0.1) is 0 Å². The van der Waals surface area contributed by atoms with Crippen molar-refractivity contribution in [2.75, 3.05) is 19.6 Å². The van der Waals surface area contributed by atoms with Gasteiger partial charge in [-0.2, -0.15) is 0 Å². The molecule has 1 heterocycles. The zero-order valence-electron chi connectivity index (χ0n) is 8.68. The molecule has 0 N–H and O–H groups in total. The standard InChI is InChI=1S/C11H19NO/c1-11(2)5-4-9(10(11)13)8-12-6-3-7-12/h9H,3-8H2,1-2H3. The molecule has 0 spiro atoms. The molecule has 0 aromatic heterocycles. The van der Waals surface area contributed by atoms with Crippen LogP contribution in [0, 0.1) is 11.3 Å². The van der Waals surface area contributed by atoms with Crippen LogP contribution in [0.15, 0.2) is 0 Å². The maximum absolute atomic E-state index is 11.9. The summed E-state index contributed by atoms with van der Waals surface area (Å²) in [6, 6.07) is 0. The monoisotopic (exact) mass is 181 g/mol. The van der Waals surface area contributed by atoms with Crippen molar-refractivity contribution in [2.24, 2.45) is 11.3 Å². The van der Waals surface area contributed by atoms with Crippen LogP contribution in [0.4, 0.5) is 0 Å². The number of hydrogen-bond donors (Lipinski definition) is 0. The summed E-state index contributed by atoms with van der Waals surface area (Å²) in [5.74, 6) is 0.842. The molecule has 0 amide bonds. The van der Waals surface area contributed by atoms with E-state index in [0.29, 0.717) is 11.7 Å². The summed E-state index contributed by atoms with van der Waals surface area (Å²) < 4.78 is 0. The molecule has 13 heavy (non-hydrogen) atoms. The van der Waals surface area contributed by atoms with Crippen LogP contribution in [0.2, 0.25) is 0 Å². The maximum Gasteiger partial charge on any atom is 0.142 e. The first-order valence-corrected chi connectivity index (χ1v) is 5.36. The van der Waals surface area contributed by atoms with Gasteiger partial charge >= 0.3 is 0 Å². The minimum atomic E-state index is -0.0322. The first-order chi connectivity index (χ1) is 6.09. The largest absolute Gasteiger partial charge is 0.303 e. The average molecular weight is 181 g/mol. The predicted molar refractivity (Wildman–Crippen MR) is 52.6 cm³/mol. The molecule has 1 saturated heterocycles. The molecule has 0 bridgehead atoms. The van der Waals surface area contributed by atoms with E-state index in [2.05, 4.69) is 18.7 Å². The molecule has 2 fully saturated rings. The smallest absolute Gasteiger partial charge is 0.142 e. The lowest BCUT2D eigenvalue weighted by molar-refractivity contribution is -0.128. The summed E-state index contributed by atoms with van der Waals surface area (Å²) in [6.07, 6.45) is 3.52. The van der Waals surface area contributed by atoms with Gasteiger partial charge in [-0.05, 0) is 32.4 Å². The molecular weight excluding hydrogens is 162 g/mol. The number of likely N-dealkylation sites (tertiary alicyclic amines) is 1. The summed E-state index contributed by atoms with van der Waals surface area (Å²) in [4.78, 5) is 14.3. The van der Waals surface area contributed by atoms with E-state index in [9.17, 15) is 4.79 Å². The van der Waals surface area contributed by atoms with E-state index in [4.69, 9.17) is 0 Å². The molecule has 2 nitrogen and oxygen atoms in total. The minimum absolute atomic E-state index is 0.0322. The lowest BCUT2D eigenvalue weighted by atomic mass is 9.89. The Bertz CT molecular complexity index is 218. The Morgan fingerprint density at radius 2 is 2.15 bits per heavy atom. The number of nitrogens with zero attached hydrogens (tertiary/aromatic N) is 1. The van der Waals surface area contributed by atoms with Crippen molar-refractivity contribution < 1.29 is 4.79 Å². The van der Waals surface area contributed by atoms with Crippen molar-refractivity contribution in [3.63, 3.8) is 0 Å².